The van der Waals surface area contributed by atoms with Crippen LogP contribution in [0.2, 0.25) is 0 Å². The Morgan fingerprint density at radius 2 is 2.29 bits per heavy atom. The Balaban J connectivity index is 2.74. The second-order valence-electron chi connectivity index (χ2n) is 3.62. The molecule has 0 aromatic carbocycles. The predicted octanol–water partition coefficient (Wildman–Crippen LogP) is 2.16. The quantitative estimate of drug-likeness (QED) is 0.355. The molecule has 1 aliphatic carbocycles. The lowest BCUT2D eigenvalue weighted by Crippen LogP contribution is -2.15. The van der Waals surface area contributed by atoms with E-state index >= 15 is 0 Å². The highest BCUT2D eigenvalue weighted by Crippen LogP contribution is 2.26. The molecule has 7 heteroatoms. The van der Waals surface area contributed by atoms with Gasteiger partial charge in [0.25, 0.3) is 0 Å². The maximum absolute atomic E-state index is 7.61. The molecule has 0 aliphatic heterocycles. The summed E-state index contributed by atoms with van der Waals surface area (Å²) >= 11 is 5.36. The highest BCUT2D eigenvalue weighted by molar-refractivity contribution is 14.1. The highest BCUT2D eigenvalue weighted by atomic mass is 127. The van der Waals surface area contributed by atoms with Gasteiger partial charge >= 0.3 is 0 Å². The van der Waals surface area contributed by atoms with E-state index in [1.54, 1.807) is 7.05 Å². The molecule has 1 aliphatic rings. The van der Waals surface area contributed by atoms with Crippen LogP contribution < -0.4 is 11.2 Å². The van der Waals surface area contributed by atoms with Crippen molar-refractivity contribution in [2.75, 3.05) is 7.05 Å². The van der Waals surface area contributed by atoms with Crippen molar-refractivity contribution in [3.63, 3.8) is 0 Å². The molecule has 94 valence electrons. The number of aliphatic imine (C=N–C) groups is 1. The monoisotopic (exact) mass is 411 g/mol. The van der Waals surface area contributed by atoms with Crippen LogP contribution in [0.25, 0.3) is 0 Å². The number of hydrazone groups is 1. The first-order valence-corrected chi connectivity index (χ1v) is 7.07. The third-order valence-corrected chi connectivity index (χ3v) is 3.50. The summed E-state index contributed by atoms with van der Waals surface area (Å²) in [5, 5.41) is 11.7. The first-order valence-electron chi connectivity index (χ1n) is 5.20. The van der Waals surface area contributed by atoms with Gasteiger partial charge in [-0.1, -0.05) is 0 Å². The van der Waals surface area contributed by atoms with E-state index in [-0.39, 0.29) is 0 Å². The summed E-state index contributed by atoms with van der Waals surface area (Å²) in [7, 11) is 1.71. The highest BCUT2D eigenvalue weighted by Gasteiger charge is 2.21. The molecule has 0 spiro atoms. The second kappa shape index (κ2) is 7.10. The zero-order chi connectivity index (χ0) is 12.8. The topological polar surface area (TPSA) is 86.6 Å². The average Bonchev–Trinajstić information content (AvgIpc) is 3.07. The molecule has 1 rings (SSSR count). The van der Waals surface area contributed by atoms with Gasteiger partial charge in [0, 0.05) is 25.2 Å². The molecule has 0 amide bonds. The number of allylic oxidation sites excluding steroid dienone is 1. The number of nitrogens with zero attached hydrogens (tertiary/aromatic N) is 2. The molecule has 0 aromatic heterocycles. The SMILES string of the molecule is CN/N=C(/CC(=CN)C(Br)=NC1CC1)C(=N)I. The normalized spacial score (nSPS) is 18.2. The number of nitrogens with one attached hydrogen (secondary N) is 2. The summed E-state index contributed by atoms with van der Waals surface area (Å²) in [5.74, 6) is 0. The molecule has 0 heterocycles. The summed E-state index contributed by atoms with van der Waals surface area (Å²) in [5.41, 5.74) is 9.78. The molecule has 1 fully saturated rings. The van der Waals surface area contributed by atoms with Crippen molar-refractivity contribution in [1.82, 2.24) is 5.43 Å². The molecule has 0 radical (unpaired) electrons. The van der Waals surface area contributed by atoms with Gasteiger partial charge in [0.15, 0.2) is 0 Å². The Labute approximate surface area is 123 Å². The van der Waals surface area contributed by atoms with E-state index in [1.807, 2.05) is 22.6 Å². The van der Waals surface area contributed by atoms with E-state index in [0.29, 0.717) is 21.9 Å². The fourth-order valence-corrected chi connectivity index (χ4v) is 2.00. The smallest absolute Gasteiger partial charge is 0.116 e. The molecule has 1 saturated carbocycles. The molecule has 0 bridgehead atoms. The van der Waals surface area contributed by atoms with E-state index in [9.17, 15) is 0 Å². The lowest BCUT2D eigenvalue weighted by molar-refractivity contribution is 0.899. The van der Waals surface area contributed by atoms with Crippen LogP contribution in [0.5, 0.6) is 0 Å². The Bertz CT molecular complexity index is 384. The zero-order valence-electron chi connectivity index (χ0n) is 9.50. The number of nitrogens with two attached hydrogens (primary N) is 1. The number of hydrogen-bond acceptors (Lipinski definition) is 5. The first kappa shape index (κ1) is 14.6. The van der Waals surface area contributed by atoms with Crippen molar-refractivity contribution in [2.45, 2.75) is 25.3 Å². The van der Waals surface area contributed by atoms with E-state index in [4.69, 9.17) is 11.1 Å². The third kappa shape index (κ3) is 5.15. The van der Waals surface area contributed by atoms with Crippen molar-refractivity contribution < 1.29 is 0 Å². The third-order valence-electron chi connectivity index (χ3n) is 2.17. The van der Waals surface area contributed by atoms with Crippen LogP contribution in [-0.2, 0) is 0 Å². The summed E-state index contributed by atoms with van der Waals surface area (Å²) in [6.45, 7) is 0. The fraction of sp³-hybridized carbons (Fsp3) is 0.500. The maximum Gasteiger partial charge on any atom is 0.116 e. The van der Waals surface area contributed by atoms with Crippen molar-refractivity contribution >= 4 is 52.6 Å². The molecule has 0 saturated heterocycles. The molecule has 0 atom stereocenters. The Morgan fingerprint density at radius 1 is 1.65 bits per heavy atom. The van der Waals surface area contributed by atoms with Gasteiger partial charge < -0.3 is 11.2 Å². The van der Waals surface area contributed by atoms with Gasteiger partial charge in [0.05, 0.1) is 11.8 Å². The minimum absolute atomic E-state index is 0.392. The largest absolute Gasteiger partial charge is 0.404 e. The van der Waals surface area contributed by atoms with Crippen LogP contribution in [0.3, 0.4) is 0 Å². The summed E-state index contributed by atoms with van der Waals surface area (Å²) < 4.78 is 1.16. The van der Waals surface area contributed by atoms with Crippen LogP contribution in [0, 0.1) is 5.41 Å². The van der Waals surface area contributed by atoms with Crippen LogP contribution >= 0.6 is 38.5 Å². The van der Waals surface area contributed by atoms with Crippen LogP contribution in [0.4, 0.5) is 0 Å². The van der Waals surface area contributed by atoms with Crippen molar-refractivity contribution in [3.05, 3.63) is 11.8 Å². The molecular weight excluding hydrogens is 397 g/mol. The minimum Gasteiger partial charge on any atom is -0.404 e. The molecule has 17 heavy (non-hydrogen) atoms. The Morgan fingerprint density at radius 3 is 2.71 bits per heavy atom. The fourth-order valence-electron chi connectivity index (χ4n) is 1.13. The van der Waals surface area contributed by atoms with E-state index in [2.05, 4.69) is 31.4 Å². The number of halogens is 2. The molecule has 5 nitrogen and oxygen atoms in total. The molecule has 0 aromatic rings. The maximum atomic E-state index is 7.61. The summed E-state index contributed by atoms with van der Waals surface area (Å²) in [6, 6.07) is 0.433. The number of rotatable bonds is 6. The van der Waals surface area contributed by atoms with Gasteiger partial charge in [-0.15, -0.1) is 0 Å². The standard InChI is InChI=1S/C10H15BrIN5/c1-15-17-8(10(12)14)4-6(5-13)9(11)16-7-2-3-7/h5,7,14-15H,2-4,13H2,1H3/b6-5?,14-10?,16-9?,17-8-. The molecule has 0 unspecified atom stereocenters. The van der Waals surface area contributed by atoms with Crippen LogP contribution in [0.1, 0.15) is 19.3 Å². The average molecular weight is 412 g/mol. The van der Waals surface area contributed by atoms with Gasteiger partial charge in [-0.3, -0.25) is 10.4 Å². The second-order valence-corrected chi connectivity index (χ2v) is 5.45. The lowest BCUT2D eigenvalue weighted by Gasteiger charge is -2.07. The minimum atomic E-state index is 0.392. The molecule has 4 N–H and O–H groups in total. The van der Waals surface area contributed by atoms with Gasteiger partial charge in [-0.05, 0) is 51.4 Å². The van der Waals surface area contributed by atoms with E-state index < -0.39 is 0 Å². The van der Waals surface area contributed by atoms with Gasteiger partial charge in [0.2, 0.25) is 0 Å². The summed E-state index contributed by atoms with van der Waals surface area (Å²) in [6.07, 6.45) is 4.30. The van der Waals surface area contributed by atoms with Gasteiger partial charge in [0.1, 0.15) is 8.34 Å². The van der Waals surface area contributed by atoms with E-state index in [1.165, 1.54) is 6.20 Å². The van der Waals surface area contributed by atoms with Gasteiger partial charge in [-0.25, -0.2) is 0 Å². The van der Waals surface area contributed by atoms with E-state index in [0.717, 1.165) is 23.0 Å². The van der Waals surface area contributed by atoms with Crippen molar-refractivity contribution in [1.29, 1.82) is 5.41 Å². The Kier molecular flexibility index (Phi) is 6.10. The van der Waals surface area contributed by atoms with Crippen LogP contribution in [0.15, 0.2) is 21.9 Å². The van der Waals surface area contributed by atoms with Gasteiger partial charge in [-0.2, -0.15) is 5.10 Å². The summed E-state index contributed by atoms with van der Waals surface area (Å²) in [4.78, 5) is 4.47. The number of hydrogen-bond donors (Lipinski definition) is 3. The zero-order valence-corrected chi connectivity index (χ0v) is 13.2. The molecular formula is C10H15BrIN5. The van der Waals surface area contributed by atoms with Crippen LogP contribution in [-0.4, -0.2) is 27.1 Å². The predicted molar refractivity (Wildman–Crippen MR) is 84.5 cm³/mol. The Hall–Kier alpha value is -0.440. The van der Waals surface area contributed by atoms with Crippen molar-refractivity contribution in [3.8, 4) is 0 Å². The first-order chi connectivity index (χ1) is 8.08. The lowest BCUT2D eigenvalue weighted by atomic mass is 10.1. The van der Waals surface area contributed by atoms with Crippen molar-refractivity contribution in [2.24, 2.45) is 15.8 Å².